The van der Waals surface area contributed by atoms with E-state index in [4.69, 9.17) is 12.2 Å². The molecule has 18 heavy (non-hydrogen) atoms. The number of benzene rings is 1. The van der Waals surface area contributed by atoms with Crippen molar-refractivity contribution in [3.05, 3.63) is 34.9 Å². The summed E-state index contributed by atoms with van der Waals surface area (Å²) < 4.78 is 16.1. The highest BCUT2D eigenvalue weighted by Gasteiger charge is 2.16. The molecule has 2 aromatic rings. The van der Waals surface area contributed by atoms with Crippen molar-refractivity contribution in [1.82, 2.24) is 14.8 Å². The molecule has 1 aromatic carbocycles. The Morgan fingerprint density at radius 3 is 2.67 bits per heavy atom. The molecule has 0 aliphatic heterocycles. The number of aromatic amines is 1. The summed E-state index contributed by atoms with van der Waals surface area (Å²) in [6.07, 6.45) is 0. The van der Waals surface area contributed by atoms with E-state index >= 15 is 0 Å². The molecule has 4 nitrogen and oxygen atoms in total. The summed E-state index contributed by atoms with van der Waals surface area (Å²) in [6, 6.07) is 6.73. The van der Waals surface area contributed by atoms with Crippen LogP contribution in [0, 0.1) is 10.6 Å². The summed E-state index contributed by atoms with van der Waals surface area (Å²) in [6.45, 7) is 4.01. The van der Waals surface area contributed by atoms with Gasteiger partial charge in [0.1, 0.15) is 5.82 Å². The molecule has 1 aromatic heterocycles. The van der Waals surface area contributed by atoms with Gasteiger partial charge in [-0.25, -0.2) is 9.49 Å². The first-order valence-corrected chi connectivity index (χ1v) is 6.08. The maximum absolute atomic E-state index is 13.8. The molecule has 0 spiro atoms. The first kappa shape index (κ1) is 12.8. The number of hydrogen-bond donors (Lipinski definition) is 1. The minimum atomic E-state index is -0.288. The van der Waals surface area contributed by atoms with Gasteiger partial charge >= 0.3 is 0 Å². The quantitative estimate of drug-likeness (QED) is 0.865. The smallest absolute Gasteiger partial charge is 0.230 e. The Morgan fingerprint density at radius 1 is 1.39 bits per heavy atom. The van der Waals surface area contributed by atoms with Crippen LogP contribution in [-0.4, -0.2) is 21.8 Å². The lowest BCUT2D eigenvalue weighted by Crippen LogP contribution is -2.18. The number of anilines is 2. The van der Waals surface area contributed by atoms with Crippen LogP contribution in [0.3, 0.4) is 0 Å². The molecule has 0 unspecified atom stereocenters. The molecule has 0 bridgehead atoms. The van der Waals surface area contributed by atoms with Crippen molar-refractivity contribution < 1.29 is 4.39 Å². The van der Waals surface area contributed by atoms with Gasteiger partial charge in [-0.15, -0.1) is 5.10 Å². The van der Waals surface area contributed by atoms with E-state index in [9.17, 15) is 4.39 Å². The van der Waals surface area contributed by atoms with Gasteiger partial charge in [0, 0.05) is 13.1 Å². The van der Waals surface area contributed by atoms with Crippen molar-refractivity contribution in [3.8, 4) is 0 Å². The molecular weight excluding hydrogens is 251 g/mol. The van der Waals surface area contributed by atoms with Gasteiger partial charge < -0.3 is 4.90 Å². The topological polar surface area (TPSA) is 36.9 Å². The molecule has 1 N–H and O–H groups in total. The molecule has 0 saturated heterocycles. The van der Waals surface area contributed by atoms with E-state index in [2.05, 4.69) is 10.2 Å². The van der Waals surface area contributed by atoms with Crippen molar-refractivity contribution in [1.29, 1.82) is 0 Å². The van der Waals surface area contributed by atoms with Gasteiger partial charge in [0.15, 0.2) is 4.77 Å². The second-order valence-corrected chi connectivity index (χ2v) is 4.69. The van der Waals surface area contributed by atoms with E-state index in [1.165, 1.54) is 6.07 Å². The van der Waals surface area contributed by atoms with Crippen LogP contribution in [0.4, 0.5) is 16.0 Å². The Labute approximate surface area is 110 Å². The Bertz CT molecular complexity index is 602. The zero-order valence-electron chi connectivity index (χ0n) is 10.5. The second kappa shape index (κ2) is 4.89. The van der Waals surface area contributed by atoms with Gasteiger partial charge in [-0.05, 0) is 38.2 Å². The van der Waals surface area contributed by atoms with E-state index < -0.39 is 0 Å². The lowest BCUT2D eigenvalue weighted by atomic mass is 10.3. The van der Waals surface area contributed by atoms with Gasteiger partial charge in [-0.2, -0.15) is 0 Å². The predicted molar refractivity (Wildman–Crippen MR) is 72.3 cm³/mol. The van der Waals surface area contributed by atoms with Gasteiger partial charge in [0.2, 0.25) is 5.95 Å². The third-order valence-electron chi connectivity index (χ3n) is 2.72. The number of hydrogen-bond acceptors (Lipinski definition) is 3. The Kier molecular flexibility index (Phi) is 3.47. The highest BCUT2D eigenvalue weighted by Crippen LogP contribution is 2.26. The monoisotopic (exact) mass is 266 g/mol. The number of halogens is 1. The number of H-pyrrole nitrogens is 1. The largest absolute Gasteiger partial charge is 0.311 e. The summed E-state index contributed by atoms with van der Waals surface area (Å²) in [5.74, 6) is 0.310. The van der Waals surface area contributed by atoms with E-state index in [-0.39, 0.29) is 11.9 Å². The third kappa shape index (κ3) is 2.15. The van der Waals surface area contributed by atoms with E-state index in [1.807, 2.05) is 18.4 Å². The van der Waals surface area contributed by atoms with Gasteiger partial charge in [0.05, 0.1) is 5.69 Å². The van der Waals surface area contributed by atoms with Crippen LogP contribution in [-0.2, 0) is 0 Å². The molecule has 0 saturated carbocycles. The van der Waals surface area contributed by atoms with Gasteiger partial charge in [0.25, 0.3) is 0 Å². The normalized spacial score (nSPS) is 10.9. The van der Waals surface area contributed by atoms with Gasteiger partial charge in [-0.1, -0.05) is 12.1 Å². The van der Waals surface area contributed by atoms with Crippen LogP contribution in [0.25, 0.3) is 0 Å². The van der Waals surface area contributed by atoms with Crippen molar-refractivity contribution in [2.45, 2.75) is 19.9 Å². The summed E-state index contributed by atoms with van der Waals surface area (Å²) >= 11 is 5.18. The minimum absolute atomic E-state index is 0.153. The van der Waals surface area contributed by atoms with Crippen LogP contribution < -0.4 is 4.90 Å². The van der Waals surface area contributed by atoms with E-state index in [1.54, 1.807) is 30.1 Å². The molecule has 0 atom stereocenters. The average Bonchev–Trinajstić information content (AvgIpc) is 2.71. The van der Waals surface area contributed by atoms with Crippen molar-refractivity contribution in [3.63, 3.8) is 0 Å². The van der Waals surface area contributed by atoms with Crippen LogP contribution >= 0.6 is 12.2 Å². The summed E-state index contributed by atoms with van der Waals surface area (Å²) in [5, 5.41) is 6.90. The van der Waals surface area contributed by atoms with Gasteiger partial charge in [-0.3, -0.25) is 4.57 Å². The highest BCUT2D eigenvalue weighted by atomic mass is 32.1. The van der Waals surface area contributed by atoms with Crippen LogP contribution in [0.2, 0.25) is 0 Å². The fourth-order valence-corrected chi connectivity index (χ4v) is 2.17. The molecule has 6 heteroatoms. The second-order valence-electron chi connectivity index (χ2n) is 4.30. The SMILES string of the molecule is CC(C)n1c(N(C)c2ccccc2F)n[nH]c1=S. The minimum Gasteiger partial charge on any atom is -0.311 e. The predicted octanol–water partition coefficient (Wildman–Crippen LogP) is 3.43. The number of rotatable bonds is 3. The summed E-state index contributed by atoms with van der Waals surface area (Å²) in [7, 11) is 1.77. The van der Waals surface area contributed by atoms with E-state index in [0.717, 1.165) is 0 Å². The summed E-state index contributed by atoms with van der Waals surface area (Å²) in [4.78, 5) is 1.68. The van der Waals surface area contributed by atoms with Crippen molar-refractivity contribution >= 4 is 23.9 Å². The molecule has 0 radical (unpaired) electrons. The molecule has 96 valence electrons. The average molecular weight is 266 g/mol. The number of nitrogens with one attached hydrogen (secondary N) is 1. The first-order valence-electron chi connectivity index (χ1n) is 5.67. The molecular formula is C12H15FN4S. The number of aromatic nitrogens is 3. The fraction of sp³-hybridized carbons (Fsp3) is 0.333. The van der Waals surface area contributed by atoms with Crippen LogP contribution in [0.5, 0.6) is 0 Å². The Morgan fingerprint density at radius 2 is 2.06 bits per heavy atom. The van der Waals surface area contributed by atoms with Crippen LogP contribution in [0.15, 0.2) is 24.3 Å². The number of nitrogens with zero attached hydrogens (tertiary/aromatic N) is 3. The highest BCUT2D eigenvalue weighted by molar-refractivity contribution is 7.71. The van der Waals surface area contributed by atoms with E-state index in [0.29, 0.717) is 16.4 Å². The lowest BCUT2D eigenvalue weighted by molar-refractivity contribution is 0.587. The molecule has 0 amide bonds. The zero-order valence-corrected chi connectivity index (χ0v) is 11.3. The standard InChI is InChI=1S/C12H15FN4S/c1-8(2)17-11(14-15-12(17)18)16(3)10-7-5-4-6-9(10)13/h4-8H,1-3H3,(H,15,18). The van der Waals surface area contributed by atoms with Crippen molar-refractivity contribution in [2.24, 2.45) is 0 Å². The molecule has 0 fully saturated rings. The molecule has 0 aliphatic rings. The summed E-state index contributed by atoms with van der Waals surface area (Å²) in [5.41, 5.74) is 0.466. The first-order chi connectivity index (χ1) is 8.52. The Balaban J connectivity index is 2.50. The van der Waals surface area contributed by atoms with Crippen molar-refractivity contribution in [2.75, 3.05) is 11.9 Å². The maximum atomic E-state index is 13.8. The lowest BCUT2D eigenvalue weighted by Gasteiger charge is -2.21. The zero-order chi connectivity index (χ0) is 13.3. The Hall–Kier alpha value is -1.69. The molecule has 2 rings (SSSR count). The number of para-hydroxylation sites is 1. The third-order valence-corrected chi connectivity index (χ3v) is 3.00. The maximum Gasteiger partial charge on any atom is 0.230 e. The van der Waals surface area contributed by atoms with Crippen LogP contribution in [0.1, 0.15) is 19.9 Å². The fourth-order valence-electron chi connectivity index (χ4n) is 1.83. The molecule has 0 aliphatic carbocycles. The molecule has 1 heterocycles.